The van der Waals surface area contributed by atoms with Crippen molar-refractivity contribution in [1.82, 2.24) is 39.8 Å². The quantitative estimate of drug-likeness (QED) is 0.165. The van der Waals surface area contributed by atoms with Gasteiger partial charge in [0.25, 0.3) is 6.01 Å². The Bertz CT molecular complexity index is 1120. The summed E-state index contributed by atoms with van der Waals surface area (Å²) in [5.41, 5.74) is 7.19. The second kappa shape index (κ2) is 14.7. The van der Waals surface area contributed by atoms with Gasteiger partial charge in [-0.1, -0.05) is 18.6 Å². The van der Waals surface area contributed by atoms with Crippen LogP contribution < -0.4 is 15.8 Å². The number of rotatable bonds is 18. The van der Waals surface area contributed by atoms with Gasteiger partial charge in [-0.2, -0.15) is 15.0 Å². The summed E-state index contributed by atoms with van der Waals surface area (Å²) in [7, 11) is 0. The first-order chi connectivity index (χ1) is 18.0. The molecule has 3 aromatic heterocycles. The Hall–Kier alpha value is -3.76. The van der Waals surface area contributed by atoms with Gasteiger partial charge in [-0.05, 0) is 6.42 Å². The molecule has 0 saturated carbocycles. The molecule has 204 valence electrons. The van der Waals surface area contributed by atoms with Gasteiger partial charge in [0, 0.05) is 6.54 Å². The lowest BCUT2D eigenvalue weighted by atomic mass is 10.4. The van der Waals surface area contributed by atoms with E-state index >= 15 is 0 Å². The molecule has 0 fully saturated rings. The highest BCUT2D eigenvalue weighted by atomic mass is 16.5. The third-order valence-electron chi connectivity index (χ3n) is 4.95. The van der Waals surface area contributed by atoms with Crippen LogP contribution in [0.4, 0.5) is 10.6 Å². The fraction of sp³-hybridized carbons (Fsp3) is 0.619. The van der Waals surface area contributed by atoms with Gasteiger partial charge in [-0.25, -0.2) is 9.48 Å². The van der Waals surface area contributed by atoms with Gasteiger partial charge in [0.2, 0.25) is 0 Å². The topological polar surface area (TPSA) is 207 Å². The molecule has 16 heteroatoms. The highest BCUT2D eigenvalue weighted by Gasteiger charge is 2.18. The highest BCUT2D eigenvalue weighted by molar-refractivity contribution is 5.83. The number of nitrogen functional groups attached to an aromatic ring is 1. The molecule has 3 heterocycles. The molecule has 0 atom stereocenters. The minimum Gasteiger partial charge on any atom is -0.480 e. The molecule has 5 N–H and O–H groups in total. The molecule has 16 nitrogen and oxygen atoms in total. The Morgan fingerprint density at radius 2 is 1.78 bits per heavy atom. The average molecular weight is 524 g/mol. The zero-order valence-corrected chi connectivity index (χ0v) is 20.7. The molecule has 1 amide bonds. The number of unbranched alkanes of at least 4 members (excludes halogenated alkanes) is 1. The van der Waals surface area contributed by atoms with Gasteiger partial charge in [-0.3, -0.25) is 4.57 Å². The summed E-state index contributed by atoms with van der Waals surface area (Å²) in [5, 5.41) is 29.2. The van der Waals surface area contributed by atoms with E-state index in [9.17, 15) is 9.90 Å². The summed E-state index contributed by atoms with van der Waals surface area (Å²) in [6, 6.07) is -0.133. The van der Waals surface area contributed by atoms with Gasteiger partial charge >= 0.3 is 12.1 Å². The van der Waals surface area contributed by atoms with E-state index in [1.807, 2.05) is 0 Å². The maximum Gasteiger partial charge on any atom is 0.404 e. The number of hydrogen-bond acceptors (Lipinski definition) is 12. The number of anilines is 1. The van der Waals surface area contributed by atoms with Crippen molar-refractivity contribution in [1.29, 1.82) is 0 Å². The normalized spacial score (nSPS) is 11.3. The number of hydrogen-bond donors (Lipinski definition) is 4. The average Bonchev–Trinajstić information content (AvgIpc) is 3.44. The minimum absolute atomic E-state index is 0.121. The molecule has 0 aliphatic heterocycles. The maximum absolute atomic E-state index is 10.3. The fourth-order valence-corrected chi connectivity index (χ4v) is 3.12. The smallest absolute Gasteiger partial charge is 0.404 e. The Labute approximate surface area is 212 Å². The molecule has 0 unspecified atom stereocenters. The van der Waals surface area contributed by atoms with E-state index in [0.717, 1.165) is 12.8 Å². The van der Waals surface area contributed by atoms with Crippen LogP contribution in [0.1, 0.15) is 25.5 Å². The number of nitrogens with zero attached hydrogens (tertiary/aromatic N) is 7. The standard InChI is InChI=1S/C21H33N9O7/c1-2-3-6-37-19-25-17(22)16-18(26-19)30(20(31)24-16)14-15-13-29(28-27-15)5-8-35-10-12-36-11-9-34-7-4-23-21(32)33/h13,23H,2-12,14H2,1H3,(H,24,31)(H,32,33)(H2,22,25,26). The Kier molecular flexibility index (Phi) is 11.1. The Balaban J connectivity index is 1.38. The van der Waals surface area contributed by atoms with Crippen molar-refractivity contribution in [3.63, 3.8) is 0 Å². The van der Waals surface area contributed by atoms with E-state index in [2.05, 4.69) is 37.5 Å². The zero-order chi connectivity index (χ0) is 26.5. The lowest BCUT2D eigenvalue weighted by molar-refractivity contribution is 0.0134. The second-order valence-corrected chi connectivity index (χ2v) is 7.81. The summed E-state index contributed by atoms with van der Waals surface area (Å²) in [4.78, 5) is 22.8. The van der Waals surface area contributed by atoms with Crippen LogP contribution in [-0.4, -0.2) is 104 Å². The molecule has 3 rings (SSSR count). The predicted molar refractivity (Wildman–Crippen MR) is 129 cm³/mol. The molecule has 0 aliphatic carbocycles. The van der Waals surface area contributed by atoms with E-state index in [0.29, 0.717) is 64.1 Å². The van der Waals surface area contributed by atoms with Gasteiger partial charge in [0.1, 0.15) is 5.69 Å². The van der Waals surface area contributed by atoms with Crippen LogP contribution in [0.3, 0.4) is 0 Å². The number of nitrogens with two attached hydrogens (primary N) is 1. The highest BCUT2D eigenvalue weighted by Crippen LogP contribution is 2.25. The summed E-state index contributed by atoms with van der Waals surface area (Å²) in [6.45, 7) is 5.68. The third-order valence-corrected chi connectivity index (χ3v) is 4.95. The van der Waals surface area contributed by atoms with Gasteiger partial charge in [-0.15, -0.1) is 5.10 Å². The van der Waals surface area contributed by atoms with Crippen LogP contribution in [-0.2, 0) is 27.3 Å². The van der Waals surface area contributed by atoms with Gasteiger partial charge in [0.15, 0.2) is 17.0 Å². The predicted octanol–water partition coefficient (Wildman–Crippen LogP) is 0.250. The van der Waals surface area contributed by atoms with Crippen molar-refractivity contribution in [3.8, 4) is 12.0 Å². The van der Waals surface area contributed by atoms with Crippen molar-refractivity contribution in [2.45, 2.75) is 32.9 Å². The van der Waals surface area contributed by atoms with Crippen molar-refractivity contribution in [2.24, 2.45) is 0 Å². The number of fused-ring (bicyclic) bond motifs is 1. The fourth-order valence-electron chi connectivity index (χ4n) is 3.12. The molecular formula is C21H33N9O7. The Morgan fingerprint density at radius 3 is 2.51 bits per heavy atom. The van der Waals surface area contributed by atoms with Crippen molar-refractivity contribution < 1.29 is 34.0 Å². The number of amides is 1. The van der Waals surface area contributed by atoms with Crippen LogP contribution in [0.2, 0.25) is 0 Å². The number of carboxylic acid groups (broad SMARTS) is 1. The first-order valence-electron chi connectivity index (χ1n) is 11.9. The summed E-state index contributed by atoms with van der Waals surface area (Å²) >= 11 is 0. The largest absolute Gasteiger partial charge is 0.480 e. The molecule has 0 aliphatic rings. The number of aromatic nitrogens is 7. The molecule has 3 aromatic rings. The van der Waals surface area contributed by atoms with Gasteiger partial charge in [0.05, 0.1) is 65.5 Å². The molecule has 0 aromatic carbocycles. The van der Waals surface area contributed by atoms with E-state index < -0.39 is 6.09 Å². The molecule has 0 saturated heterocycles. The molecule has 0 spiro atoms. The van der Waals surface area contributed by atoms with Crippen LogP contribution in [0.25, 0.3) is 11.2 Å². The maximum atomic E-state index is 10.3. The zero-order valence-electron chi connectivity index (χ0n) is 20.7. The van der Waals surface area contributed by atoms with E-state index in [1.54, 1.807) is 10.9 Å². The van der Waals surface area contributed by atoms with Crippen LogP contribution in [0.5, 0.6) is 12.0 Å². The minimum atomic E-state index is -1.08. The number of imidazole rings is 1. The monoisotopic (exact) mass is 523 g/mol. The van der Waals surface area contributed by atoms with Gasteiger partial charge < -0.3 is 40.2 Å². The molecule has 0 radical (unpaired) electrons. The lowest BCUT2D eigenvalue weighted by Gasteiger charge is -2.07. The number of aromatic hydroxyl groups is 1. The number of ether oxygens (including phenoxy) is 4. The van der Waals surface area contributed by atoms with E-state index in [-0.39, 0.29) is 36.4 Å². The summed E-state index contributed by atoms with van der Waals surface area (Å²) in [5.74, 6) is 0.121. The molecular weight excluding hydrogens is 490 g/mol. The van der Waals surface area contributed by atoms with Crippen LogP contribution in [0.15, 0.2) is 6.20 Å². The van der Waals surface area contributed by atoms with Crippen molar-refractivity contribution in [3.05, 3.63) is 11.9 Å². The van der Waals surface area contributed by atoms with Crippen LogP contribution in [0, 0.1) is 0 Å². The lowest BCUT2D eigenvalue weighted by Crippen LogP contribution is -2.25. The summed E-state index contributed by atoms with van der Waals surface area (Å²) < 4.78 is 24.8. The first kappa shape index (κ1) is 27.8. The first-order valence-corrected chi connectivity index (χ1v) is 11.9. The van der Waals surface area contributed by atoms with Crippen molar-refractivity contribution in [2.75, 3.05) is 58.5 Å². The van der Waals surface area contributed by atoms with Crippen LogP contribution >= 0.6 is 0 Å². The summed E-state index contributed by atoms with van der Waals surface area (Å²) in [6.07, 6.45) is 2.49. The van der Waals surface area contributed by atoms with Crippen molar-refractivity contribution >= 4 is 23.1 Å². The molecule has 0 bridgehead atoms. The second-order valence-electron chi connectivity index (χ2n) is 7.81. The molecule has 37 heavy (non-hydrogen) atoms. The number of nitrogens with one attached hydrogen (secondary N) is 1. The third kappa shape index (κ3) is 9.00. The number of carbonyl (C=O) groups is 1. The van der Waals surface area contributed by atoms with E-state index in [4.69, 9.17) is 29.8 Å². The SMILES string of the molecule is CCCCOc1nc(N)c2nc(O)n(Cc3cn(CCOCCOCCOCCNC(=O)O)nn3)c2n1. The van der Waals surface area contributed by atoms with E-state index in [1.165, 1.54) is 4.57 Å². The Morgan fingerprint density at radius 1 is 1.05 bits per heavy atom.